The van der Waals surface area contributed by atoms with Crippen molar-refractivity contribution in [2.75, 3.05) is 11.9 Å². The number of benzene rings is 1. The van der Waals surface area contributed by atoms with Crippen LogP contribution in [-0.2, 0) is 4.74 Å². The monoisotopic (exact) mass is 310 g/mol. The number of carbonyl (C=O) groups is 1. The number of thiazole rings is 1. The molecule has 0 spiro atoms. The molecule has 0 bridgehead atoms. The Hall–Kier alpha value is -1.86. The summed E-state index contributed by atoms with van der Waals surface area (Å²) < 4.78 is 32.0. The lowest BCUT2D eigenvalue weighted by Crippen LogP contribution is -2.14. The largest absolute Gasteiger partial charge is 0.371 e. The normalized spacial score (nSPS) is 17.9. The van der Waals surface area contributed by atoms with Crippen molar-refractivity contribution in [1.29, 1.82) is 0 Å². The summed E-state index contributed by atoms with van der Waals surface area (Å²) >= 11 is 1.33. The molecule has 1 aromatic carbocycles. The molecule has 2 aromatic rings. The molecule has 0 aliphatic carbocycles. The van der Waals surface area contributed by atoms with Crippen molar-refractivity contribution < 1.29 is 18.3 Å². The van der Waals surface area contributed by atoms with Gasteiger partial charge < -0.3 is 10.1 Å². The van der Waals surface area contributed by atoms with Crippen LogP contribution in [0.3, 0.4) is 0 Å². The summed E-state index contributed by atoms with van der Waals surface area (Å²) in [5, 5.41) is 4.64. The summed E-state index contributed by atoms with van der Waals surface area (Å²) in [4.78, 5) is 16.2. The predicted octanol–water partition coefficient (Wildman–Crippen LogP) is 3.53. The Morgan fingerprint density at radius 3 is 3.05 bits per heavy atom. The second-order valence-corrected chi connectivity index (χ2v) is 5.54. The van der Waals surface area contributed by atoms with E-state index in [-0.39, 0.29) is 17.5 Å². The number of halogens is 2. The van der Waals surface area contributed by atoms with Gasteiger partial charge in [0.15, 0.2) is 0 Å². The Bertz CT molecular complexity index is 669. The molecular weight excluding hydrogens is 298 g/mol. The van der Waals surface area contributed by atoms with Gasteiger partial charge in [-0.1, -0.05) is 0 Å². The van der Waals surface area contributed by atoms with Crippen LogP contribution in [0.25, 0.3) is 0 Å². The highest BCUT2D eigenvalue weighted by molar-refractivity contribution is 7.09. The van der Waals surface area contributed by atoms with Crippen molar-refractivity contribution in [2.24, 2.45) is 0 Å². The van der Waals surface area contributed by atoms with Crippen molar-refractivity contribution in [3.05, 3.63) is 45.9 Å². The molecule has 1 unspecified atom stereocenters. The summed E-state index contributed by atoms with van der Waals surface area (Å²) in [6, 6.07) is 2.88. The maximum absolute atomic E-state index is 13.5. The van der Waals surface area contributed by atoms with Crippen LogP contribution in [0.4, 0.5) is 14.5 Å². The maximum Gasteiger partial charge on any atom is 0.275 e. The zero-order chi connectivity index (χ0) is 14.8. The number of aromatic nitrogens is 1. The first-order valence-electron chi connectivity index (χ1n) is 6.47. The fourth-order valence-corrected chi connectivity index (χ4v) is 2.97. The second-order valence-electron chi connectivity index (χ2n) is 4.65. The third-order valence-corrected chi connectivity index (χ3v) is 4.07. The van der Waals surface area contributed by atoms with E-state index in [0.29, 0.717) is 6.61 Å². The van der Waals surface area contributed by atoms with E-state index in [1.54, 1.807) is 5.38 Å². The smallest absolute Gasteiger partial charge is 0.275 e. The lowest BCUT2D eigenvalue weighted by atomic mass is 10.2. The number of rotatable bonds is 3. The van der Waals surface area contributed by atoms with Gasteiger partial charge in [0.05, 0.1) is 5.69 Å². The standard InChI is InChI=1S/C14H12F2N2O2S/c15-8-3-4-9(16)10(6-8)17-13(19)11-7-21-14(18-11)12-2-1-5-20-12/h3-4,6-7,12H,1-2,5H2,(H,17,19). The first-order chi connectivity index (χ1) is 10.1. The van der Waals surface area contributed by atoms with Crippen molar-refractivity contribution in [1.82, 2.24) is 4.98 Å². The van der Waals surface area contributed by atoms with Crippen LogP contribution in [0.1, 0.15) is 34.4 Å². The summed E-state index contributed by atoms with van der Waals surface area (Å²) in [6.07, 6.45) is 1.79. The molecule has 0 saturated carbocycles. The first kappa shape index (κ1) is 14.1. The van der Waals surface area contributed by atoms with Crippen molar-refractivity contribution in [2.45, 2.75) is 18.9 Å². The Morgan fingerprint density at radius 1 is 1.43 bits per heavy atom. The van der Waals surface area contributed by atoms with Crippen LogP contribution >= 0.6 is 11.3 Å². The number of nitrogens with zero attached hydrogens (tertiary/aromatic N) is 1. The minimum Gasteiger partial charge on any atom is -0.371 e. The third-order valence-electron chi connectivity index (χ3n) is 3.14. The minimum atomic E-state index is -0.695. The lowest BCUT2D eigenvalue weighted by molar-refractivity contribution is 0.101. The van der Waals surface area contributed by atoms with E-state index >= 15 is 0 Å². The summed E-state index contributed by atoms with van der Waals surface area (Å²) in [5.41, 5.74) is -0.0270. The summed E-state index contributed by atoms with van der Waals surface area (Å²) in [5.74, 6) is -1.88. The van der Waals surface area contributed by atoms with Gasteiger partial charge in [0.1, 0.15) is 28.4 Å². The number of carbonyl (C=O) groups excluding carboxylic acids is 1. The molecule has 0 radical (unpaired) electrons. The van der Waals surface area contributed by atoms with E-state index in [1.807, 2.05) is 0 Å². The van der Waals surface area contributed by atoms with E-state index in [1.165, 1.54) is 11.3 Å². The average molecular weight is 310 g/mol. The van der Waals surface area contributed by atoms with Gasteiger partial charge in [-0.05, 0) is 25.0 Å². The van der Waals surface area contributed by atoms with Crippen molar-refractivity contribution in [3.63, 3.8) is 0 Å². The van der Waals surface area contributed by atoms with Crippen LogP contribution in [0.5, 0.6) is 0 Å². The lowest BCUT2D eigenvalue weighted by Gasteiger charge is -2.05. The molecule has 21 heavy (non-hydrogen) atoms. The van der Waals surface area contributed by atoms with Crippen molar-refractivity contribution >= 4 is 22.9 Å². The topological polar surface area (TPSA) is 51.2 Å². The Labute approximate surface area is 123 Å². The van der Waals surface area contributed by atoms with E-state index in [0.717, 1.165) is 36.0 Å². The third kappa shape index (κ3) is 3.08. The predicted molar refractivity (Wildman–Crippen MR) is 74.4 cm³/mol. The quantitative estimate of drug-likeness (QED) is 0.943. The number of hydrogen-bond donors (Lipinski definition) is 1. The van der Waals surface area contributed by atoms with Gasteiger partial charge in [-0.25, -0.2) is 13.8 Å². The molecule has 1 aliphatic rings. The molecule has 1 fully saturated rings. The summed E-state index contributed by atoms with van der Waals surface area (Å²) in [6.45, 7) is 0.695. The van der Waals surface area contributed by atoms with Crippen LogP contribution in [0.15, 0.2) is 23.6 Å². The minimum absolute atomic E-state index is 0.0672. The summed E-state index contributed by atoms with van der Waals surface area (Å²) in [7, 11) is 0. The van der Waals surface area contributed by atoms with Crippen molar-refractivity contribution in [3.8, 4) is 0 Å². The fraction of sp³-hybridized carbons (Fsp3) is 0.286. The highest BCUT2D eigenvalue weighted by Crippen LogP contribution is 2.30. The average Bonchev–Trinajstić information content (AvgIpc) is 3.12. The van der Waals surface area contributed by atoms with Gasteiger partial charge in [-0.3, -0.25) is 4.79 Å². The number of hydrogen-bond acceptors (Lipinski definition) is 4. The molecule has 1 saturated heterocycles. The van der Waals surface area contributed by atoms with Crippen LogP contribution in [-0.4, -0.2) is 17.5 Å². The van der Waals surface area contributed by atoms with E-state index in [4.69, 9.17) is 4.74 Å². The number of ether oxygens (including phenoxy) is 1. The van der Waals surface area contributed by atoms with Gasteiger partial charge in [0.25, 0.3) is 5.91 Å². The Morgan fingerprint density at radius 2 is 2.29 bits per heavy atom. The fourth-order valence-electron chi connectivity index (χ4n) is 2.09. The molecule has 1 aromatic heterocycles. The highest BCUT2D eigenvalue weighted by Gasteiger charge is 2.22. The molecule has 1 aliphatic heterocycles. The van der Waals surface area contributed by atoms with E-state index in [2.05, 4.69) is 10.3 Å². The molecule has 1 amide bonds. The zero-order valence-electron chi connectivity index (χ0n) is 10.9. The number of amides is 1. The molecule has 1 N–H and O–H groups in total. The Kier molecular flexibility index (Phi) is 3.94. The first-order valence-corrected chi connectivity index (χ1v) is 7.35. The van der Waals surface area contributed by atoms with E-state index < -0.39 is 17.5 Å². The number of nitrogens with one attached hydrogen (secondary N) is 1. The molecule has 3 rings (SSSR count). The van der Waals surface area contributed by atoms with Gasteiger partial charge in [-0.15, -0.1) is 11.3 Å². The SMILES string of the molecule is O=C(Nc1cc(F)ccc1F)c1csc(C2CCCO2)n1. The van der Waals surface area contributed by atoms with Crippen LogP contribution < -0.4 is 5.32 Å². The van der Waals surface area contributed by atoms with Crippen LogP contribution in [0.2, 0.25) is 0 Å². The molecule has 110 valence electrons. The van der Waals surface area contributed by atoms with Crippen LogP contribution in [0, 0.1) is 11.6 Å². The number of anilines is 1. The van der Waals surface area contributed by atoms with Gasteiger partial charge in [0.2, 0.25) is 0 Å². The zero-order valence-corrected chi connectivity index (χ0v) is 11.8. The molecular formula is C14H12F2N2O2S. The molecule has 7 heteroatoms. The Balaban J connectivity index is 1.74. The molecule has 2 heterocycles. The maximum atomic E-state index is 13.5. The van der Waals surface area contributed by atoms with Gasteiger partial charge in [0, 0.05) is 18.1 Å². The molecule has 4 nitrogen and oxygen atoms in total. The van der Waals surface area contributed by atoms with E-state index in [9.17, 15) is 13.6 Å². The second kappa shape index (κ2) is 5.87. The highest BCUT2D eigenvalue weighted by atomic mass is 32.1. The van der Waals surface area contributed by atoms with Gasteiger partial charge >= 0.3 is 0 Å². The molecule has 1 atom stereocenters. The van der Waals surface area contributed by atoms with Gasteiger partial charge in [-0.2, -0.15) is 0 Å².